The largest absolute Gasteiger partial charge is 0.339 e. The summed E-state index contributed by atoms with van der Waals surface area (Å²) in [5.41, 5.74) is 2.75. The molecule has 33 heavy (non-hydrogen) atoms. The summed E-state index contributed by atoms with van der Waals surface area (Å²) < 4.78 is 5.35. The fraction of sp³-hybridized carbons (Fsp3) is 0.360. The lowest BCUT2D eigenvalue weighted by Crippen LogP contribution is -2.50. The first-order valence-corrected chi connectivity index (χ1v) is 11.5. The maximum Gasteiger partial charge on any atom is 0.253 e. The number of hydrogen-bond acceptors (Lipinski definition) is 5. The topological polar surface area (TPSA) is 79.5 Å². The number of hydrogen-bond donors (Lipinski definition) is 0. The van der Waals surface area contributed by atoms with E-state index in [0.717, 1.165) is 5.56 Å². The van der Waals surface area contributed by atoms with Crippen molar-refractivity contribution in [1.82, 2.24) is 19.9 Å². The van der Waals surface area contributed by atoms with Gasteiger partial charge in [-0.15, -0.1) is 0 Å². The summed E-state index contributed by atoms with van der Waals surface area (Å²) in [7, 11) is 0. The molecule has 1 aliphatic rings. The van der Waals surface area contributed by atoms with Gasteiger partial charge < -0.3 is 14.3 Å². The second-order valence-corrected chi connectivity index (χ2v) is 8.90. The van der Waals surface area contributed by atoms with Gasteiger partial charge in [0.05, 0.1) is 0 Å². The molecule has 0 N–H and O–H groups in total. The highest BCUT2D eigenvalue weighted by atomic mass is 35.5. The van der Waals surface area contributed by atoms with E-state index in [4.69, 9.17) is 16.1 Å². The lowest BCUT2D eigenvalue weighted by atomic mass is 10.0. The van der Waals surface area contributed by atoms with Gasteiger partial charge >= 0.3 is 0 Å². The quantitative estimate of drug-likeness (QED) is 0.537. The molecule has 0 radical (unpaired) electrons. The summed E-state index contributed by atoms with van der Waals surface area (Å²) in [6.07, 6.45) is 0.679. The molecule has 1 saturated heterocycles. The van der Waals surface area contributed by atoms with Crippen LogP contribution in [0.5, 0.6) is 0 Å². The lowest BCUT2D eigenvalue weighted by Gasteiger charge is -2.34. The van der Waals surface area contributed by atoms with Crippen molar-refractivity contribution in [3.8, 4) is 11.4 Å². The molecule has 0 aliphatic carbocycles. The molecule has 0 bridgehead atoms. The molecule has 2 aromatic carbocycles. The van der Waals surface area contributed by atoms with Crippen molar-refractivity contribution in [2.24, 2.45) is 0 Å². The number of amides is 2. The molecule has 2 heterocycles. The number of nitrogens with zero attached hydrogens (tertiary/aromatic N) is 4. The summed E-state index contributed by atoms with van der Waals surface area (Å²) in [5, 5.41) is 4.65. The maximum atomic E-state index is 12.7. The number of halogens is 1. The van der Waals surface area contributed by atoms with E-state index in [0.29, 0.717) is 67.2 Å². The Morgan fingerprint density at radius 1 is 0.970 bits per heavy atom. The Morgan fingerprint density at radius 2 is 1.61 bits per heavy atom. The van der Waals surface area contributed by atoms with Crippen LogP contribution in [0.15, 0.2) is 53.1 Å². The van der Waals surface area contributed by atoms with Gasteiger partial charge in [-0.05, 0) is 35.7 Å². The number of carbonyl (C=O) groups excluding carboxylic acids is 2. The maximum absolute atomic E-state index is 12.7. The zero-order valence-electron chi connectivity index (χ0n) is 18.8. The van der Waals surface area contributed by atoms with E-state index >= 15 is 0 Å². The molecular formula is C25H27ClN4O3. The van der Waals surface area contributed by atoms with E-state index in [1.54, 1.807) is 34.1 Å². The Labute approximate surface area is 198 Å². The van der Waals surface area contributed by atoms with Crippen LogP contribution in [0, 0.1) is 0 Å². The minimum absolute atomic E-state index is 0.0228. The first-order chi connectivity index (χ1) is 15.9. The van der Waals surface area contributed by atoms with E-state index in [-0.39, 0.29) is 11.8 Å². The van der Waals surface area contributed by atoms with Gasteiger partial charge in [0.1, 0.15) is 0 Å². The second-order valence-electron chi connectivity index (χ2n) is 8.47. The Balaban J connectivity index is 1.26. The van der Waals surface area contributed by atoms with Crippen LogP contribution in [0.2, 0.25) is 5.02 Å². The third kappa shape index (κ3) is 5.60. The molecule has 0 atom stereocenters. The van der Waals surface area contributed by atoms with Gasteiger partial charge in [0, 0.05) is 55.2 Å². The van der Waals surface area contributed by atoms with Crippen molar-refractivity contribution in [1.29, 1.82) is 0 Å². The standard InChI is InChI=1S/C25H27ClN4O3/c1-17(2)18-3-5-19(6-4-18)24-27-22(33-28-24)11-12-23(31)29-13-15-30(16-14-29)25(32)20-7-9-21(26)10-8-20/h3-10,17H,11-16H2,1-2H3. The predicted molar refractivity (Wildman–Crippen MR) is 126 cm³/mol. The third-order valence-electron chi connectivity index (χ3n) is 5.87. The third-order valence-corrected chi connectivity index (χ3v) is 6.12. The van der Waals surface area contributed by atoms with Gasteiger partial charge in [-0.25, -0.2) is 0 Å². The van der Waals surface area contributed by atoms with E-state index in [2.05, 4.69) is 36.1 Å². The Morgan fingerprint density at radius 3 is 2.24 bits per heavy atom. The van der Waals surface area contributed by atoms with E-state index in [1.165, 1.54) is 5.56 Å². The van der Waals surface area contributed by atoms with E-state index in [1.807, 2.05) is 12.1 Å². The van der Waals surface area contributed by atoms with Gasteiger partial charge in [-0.3, -0.25) is 9.59 Å². The van der Waals surface area contributed by atoms with Crippen molar-refractivity contribution >= 4 is 23.4 Å². The summed E-state index contributed by atoms with van der Waals surface area (Å²) in [6.45, 7) is 6.32. The van der Waals surface area contributed by atoms with Gasteiger partial charge in [-0.1, -0.05) is 54.9 Å². The molecule has 2 amide bonds. The Hall–Kier alpha value is -3.19. The van der Waals surface area contributed by atoms with Crippen LogP contribution in [-0.2, 0) is 11.2 Å². The van der Waals surface area contributed by atoms with E-state index in [9.17, 15) is 9.59 Å². The van der Waals surface area contributed by atoms with Crippen LogP contribution >= 0.6 is 11.6 Å². The number of benzene rings is 2. The minimum Gasteiger partial charge on any atom is -0.339 e. The molecule has 0 unspecified atom stereocenters. The molecular weight excluding hydrogens is 440 g/mol. The predicted octanol–water partition coefficient (Wildman–Crippen LogP) is 4.43. The molecule has 3 aromatic rings. The van der Waals surface area contributed by atoms with Crippen LogP contribution in [0.1, 0.15) is 48.0 Å². The molecule has 172 valence electrons. The van der Waals surface area contributed by atoms with Gasteiger partial charge in [0.15, 0.2) is 0 Å². The fourth-order valence-electron chi connectivity index (χ4n) is 3.80. The van der Waals surface area contributed by atoms with Crippen molar-refractivity contribution in [2.75, 3.05) is 26.2 Å². The smallest absolute Gasteiger partial charge is 0.253 e. The first-order valence-electron chi connectivity index (χ1n) is 11.2. The highest BCUT2D eigenvalue weighted by Crippen LogP contribution is 2.21. The molecule has 1 fully saturated rings. The Kier molecular flexibility index (Phi) is 7.08. The zero-order chi connectivity index (χ0) is 23.4. The fourth-order valence-corrected chi connectivity index (χ4v) is 3.92. The zero-order valence-corrected chi connectivity index (χ0v) is 19.6. The summed E-state index contributed by atoms with van der Waals surface area (Å²) in [6, 6.07) is 15.0. The first kappa shape index (κ1) is 23.0. The van der Waals surface area contributed by atoms with Crippen molar-refractivity contribution < 1.29 is 14.1 Å². The lowest BCUT2D eigenvalue weighted by molar-refractivity contribution is -0.132. The van der Waals surface area contributed by atoms with Crippen molar-refractivity contribution in [3.63, 3.8) is 0 Å². The monoisotopic (exact) mass is 466 g/mol. The van der Waals surface area contributed by atoms with Crippen molar-refractivity contribution in [3.05, 3.63) is 70.6 Å². The van der Waals surface area contributed by atoms with Gasteiger partial charge in [-0.2, -0.15) is 4.98 Å². The van der Waals surface area contributed by atoms with Crippen LogP contribution in [0.25, 0.3) is 11.4 Å². The normalized spacial score (nSPS) is 14.1. The minimum atomic E-state index is -0.0430. The highest BCUT2D eigenvalue weighted by Gasteiger charge is 2.25. The SMILES string of the molecule is CC(C)c1ccc(-c2noc(CCC(=O)N3CCN(C(=O)c4ccc(Cl)cc4)CC3)n2)cc1. The average molecular weight is 467 g/mol. The van der Waals surface area contributed by atoms with Crippen LogP contribution in [0.3, 0.4) is 0 Å². The number of rotatable bonds is 6. The summed E-state index contributed by atoms with van der Waals surface area (Å²) >= 11 is 5.89. The number of piperazine rings is 1. The highest BCUT2D eigenvalue weighted by molar-refractivity contribution is 6.30. The van der Waals surface area contributed by atoms with Gasteiger partial charge in [0.25, 0.3) is 5.91 Å². The van der Waals surface area contributed by atoms with Crippen LogP contribution in [0.4, 0.5) is 0 Å². The Bertz CT molecular complexity index is 1100. The molecule has 1 aliphatic heterocycles. The summed E-state index contributed by atoms with van der Waals surface area (Å²) in [5.74, 6) is 1.42. The number of carbonyl (C=O) groups is 2. The van der Waals surface area contributed by atoms with Crippen molar-refractivity contribution in [2.45, 2.75) is 32.6 Å². The molecule has 4 rings (SSSR count). The second kappa shape index (κ2) is 10.2. The number of aromatic nitrogens is 2. The number of aryl methyl sites for hydroxylation is 1. The van der Waals surface area contributed by atoms with Crippen LogP contribution in [-0.4, -0.2) is 57.9 Å². The van der Waals surface area contributed by atoms with E-state index < -0.39 is 0 Å². The average Bonchev–Trinajstić information content (AvgIpc) is 3.32. The molecule has 0 spiro atoms. The summed E-state index contributed by atoms with van der Waals surface area (Å²) in [4.78, 5) is 33.3. The molecule has 1 aromatic heterocycles. The van der Waals surface area contributed by atoms with Gasteiger partial charge in [0.2, 0.25) is 17.6 Å². The van der Waals surface area contributed by atoms with Crippen LogP contribution < -0.4 is 0 Å². The molecule has 8 heteroatoms. The molecule has 7 nitrogen and oxygen atoms in total. The molecule has 0 saturated carbocycles.